The summed E-state index contributed by atoms with van der Waals surface area (Å²) >= 11 is 11.8. The summed E-state index contributed by atoms with van der Waals surface area (Å²) in [6.45, 7) is 0.915. The van der Waals surface area contributed by atoms with E-state index in [1.165, 1.54) is 26.0 Å². The van der Waals surface area contributed by atoms with E-state index in [9.17, 15) is 28.1 Å². The summed E-state index contributed by atoms with van der Waals surface area (Å²) in [6.07, 6.45) is -4.60. The van der Waals surface area contributed by atoms with Crippen LogP contribution in [0.15, 0.2) is 18.2 Å². The predicted molar refractivity (Wildman–Crippen MR) is 98.9 cm³/mol. The Morgan fingerprint density at radius 2 is 1.90 bits per heavy atom. The van der Waals surface area contributed by atoms with Crippen molar-refractivity contribution in [3.63, 3.8) is 0 Å². The molecule has 1 aliphatic rings. The van der Waals surface area contributed by atoms with E-state index < -0.39 is 48.3 Å². The molecule has 0 amide bonds. The second kappa shape index (κ2) is 8.76. The molecule has 1 aromatic carbocycles. The summed E-state index contributed by atoms with van der Waals surface area (Å²) in [7, 11) is 0. The largest absolute Gasteiger partial charge is 0.508 e. The minimum absolute atomic E-state index is 0.148. The van der Waals surface area contributed by atoms with E-state index in [0.717, 1.165) is 6.08 Å². The molecule has 0 aromatic heterocycles. The maximum Gasteiger partial charge on any atom is 0.508 e. The molecule has 0 N–H and O–H groups in total. The summed E-state index contributed by atoms with van der Waals surface area (Å²) in [6, 6.07) is 2.58. The summed E-state index contributed by atoms with van der Waals surface area (Å²) in [5.74, 6) is -0.268. The first-order valence-corrected chi connectivity index (χ1v) is 9.01. The minimum Gasteiger partial charge on any atom is -0.468 e. The van der Waals surface area contributed by atoms with Gasteiger partial charge in [0.2, 0.25) is 0 Å². The lowest BCUT2D eigenvalue weighted by molar-refractivity contribution is -0.760. The van der Waals surface area contributed by atoms with Crippen molar-refractivity contribution in [2.75, 3.05) is 19.8 Å². The molecular formula is C17H16Cl2F3NO7. The van der Waals surface area contributed by atoms with Crippen LogP contribution in [0.25, 0.3) is 6.08 Å². The number of ether oxygens (including phenoxy) is 3. The molecule has 1 unspecified atom stereocenters. The first-order valence-electron chi connectivity index (χ1n) is 8.26. The summed E-state index contributed by atoms with van der Waals surface area (Å²) in [5, 5.41) is 9.27. The first kappa shape index (κ1) is 23.9. The first-order chi connectivity index (χ1) is 13.7. The van der Waals surface area contributed by atoms with Crippen molar-refractivity contribution < 1.29 is 42.1 Å². The smallest absolute Gasteiger partial charge is 0.468 e. The number of nitrogens with zero attached hydrogens (tertiary/aromatic N) is 1. The Kier molecular flexibility index (Phi) is 6.97. The van der Waals surface area contributed by atoms with Gasteiger partial charge >= 0.3 is 12.3 Å². The van der Waals surface area contributed by atoms with Crippen molar-refractivity contribution in [2.24, 2.45) is 5.41 Å². The number of benzene rings is 1. The highest BCUT2D eigenvalue weighted by Gasteiger charge is 2.58. The van der Waals surface area contributed by atoms with Crippen LogP contribution >= 0.6 is 23.2 Å². The molecule has 13 heteroatoms. The predicted octanol–water partition coefficient (Wildman–Crippen LogP) is 5.09. The summed E-state index contributed by atoms with van der Waals surface area (Å²) in [5.41, 5.74) is -3.76. The molecule has 0 saturated carbocycles. The number of fused-ring (bicyclic) bond motifs is 1. The van der Waals surface area contributed by atoms with Crippen molar-refractivity contribution in [1.29, 1.82) is 0 Å². The summed E-state index contributed by atoms with van der Waals surface area (Å²) < 4.78 is 55.7. The zero-order valence-electron chi connectivity index (χ0n) is 15.6. The number of carbonyl (C=O) groups is 1. The number of hydrogen-bond acceptors (Lipinski definition) is 7. The van der Waals surface area contributed by atoms with Gasteiger partial charge in [0.25, 0.3) is 10.7 Å². The fourth-order valence-corrected chi connectivity index (χ4v) is 2.84. The van der Waals surface area contributed by atoms with Gasteiger partial charge in [-0.3, -0.25) is 0 Å². The van der Waals surface area contributed by atoms with Gasteiger partial charge in [-0.05, 0) is 18.2 Å². The lowest BCUT2D eigenvalue weighted by Crippen LogP contribution is -2.53. The van der Waals surface area contributed by atoms with Crippen LogP contribution in [-0.2, 0) is 14.3 Å². The van der Waals surface area contributed by atoms with Crippen molar-refractivity contribution in [3.8, 4) is 5.75 Å². The highest BCUT2D eigenvalue weighted by molar-refractivity contribution is 6.36. The number of hydrogen-bond donors (Lipinski definition) is 0. The van der Waals surface area contributed by atoms with Crippen LogP contribution in [0.4, 0.5) is 18.0 Å². The van der Waals surface area contributed by atoms with Crippen LogP contribution in [0.3, 0.4) is 0 Å². The standard InChI is InChI=1S/C17H16Cl2F3NO7/c1-15(2,8-29-23(25)26)7-27-14(24)28-9-16(17(20,21)22)4-3-10-5-11(18)6-12(19)13(10)30-16/h3-6H,7-9H2,1-2H3. The maximum absolute atomic E-state index is 13.7. The fourth-order valence-electron chi connectivity index (χ4n) is 2.30. The van der Waals surface area contributed by atoms with Crippen molar-refractivity contribution in [2.45, 2.75) is 25.6 Å². The van der Waals surface area contributed by atoms with Crippen molar-refractivity contribution >= 4 is 35.4 Å². The molecule has 1 aliphatic heterocycles. The molecule has 2 rings (SSSR count). The zero-order valence-corrected chi connectivity index (χ0v) is 17.1. The van der Waals surface area contributed by atoms with Crippen LogP contribution in [0.1, 0.15) is 19.4 Å². The third-order valence-corrected chi connectivity index (χ3v) is 4.38. The summed E-state index contributed by atoms with van der Waals surface area (Å²) in [4.78, 5) is 26.2. The molecule has 30 heavy (non-hydrogen) atoms. The molecular weight excluding hydrogens is 458 g/mol. The van der Waals surface area contributed by atoms with E-state index in [-0.39, 0.29) is 21.4 Å². The van der Waals surface area contributed by atoms with Gasteiger partial charge in [0.05, 0.1) is 5.02 Å². The second-order valence-corrected chi connectivity index (χ2v) is 7.96. The monoisotopic (exact) mass is 473 g/mol. The topological polar surface area (TPSA) is 97.1 Å². The second-order valence-electron chi connectivity index (χ2n) is 7.12. The van der Waals surface area contributed by atoms with E-state index in [1.807, 2.05) is 0 Å². The maximum atomic E-state index is 13.7. The normalized spacial score (nSPS) is 18.2. The molecule has 0 spiro atoms. The van der Waals surface area contributed by atoms with Crippen LogP contribution in [0, 0.1) is 15.5 Å². The molecule has 0 aliphatic carbocycles. The molecule has 8 nitrogen and oxygen atoms in total. The molecule has 0 saturated heterocycles. The van der Waals surface area contributed by atoms with Crippen LogP contribution in [0.2, 0.25) is 10.0 Å². The minimum atomic E-state index is -4.97. The number of carbonyl (C=O) groups excluding carboxylic acids is 1. The zero-order chi connectivity index (χ0) is 22.7. The third kappa shape index (κ3) is 5.82. The Morgan fingerprint density at radius 1 is 1.23 bits per heavy atom. The van der Waals surface area contributed by atoms with E-state index >= 15 is 0 Å². The van der Waals surface area contributed by atoms with Gasteiger partial charge in [0.1, 0.15) is 25.6 Å². The van der Waals surface area contributed by atoms with Crippen LogP contribution in [-0.4, -0.2) is 42.8 Å². The van der Waals surface area contributed by atoms with Gasteiger partial charge < -0.3 is 19.0 Å². The number of rotatable bonds is 7. The molecule has 0 bridgehead atoms. The Morgan fingerprint density at radius 3 is 2.50 bits per heavy atom. The molecule has 1 heterocycles. The molecule has 1 atom stereocenters. The van der Waals surface area contributed by atoms with Gasteiger partial charge in [-0.15, -0.1) is 10.1 Å². The quantitative estimate of drug-likeness (QED) is 0.309. The van der Waals surface area contributed by atoms with E-state index in [2.05, 4.69) is 9.57 Å². The molecule has 166 valence electrons. The van der Waals surface area contributed by atoms with E-state index in [0.29, 0.717) is 6.08 Å². The van der Waals surface area contributed by atoms with Gasteiger partial charge in [0.15, 0.2) is 0 Å². The van der Waals surface area contributed by atoms with Gasteiger partial charge in [-0.25, -0.2) is 4.79 Å². The van der Waals surface area contributed by atoms with E-state index in [4.69, 9.17) is 32.7 Å². The molecule has 1 aromatic rings. The van der Waals surface area contributed by atoms with Crippen LogP contribution < -0.4 is 4.74 Å². The number of alkyl halides is 3. The van der Waals surface area contributed by atoms with Crippen molar-refractivity contribution in [1.82, 2.24) is 0 Å². The number of halogens is 5. The lowest BCUT2D eigenvalue weighted by atomic mass is 9.97. The van der Waals surface area contributed by atoms with Gasteiger partial charge in [-0.1, -0.05) is 43.1 Å². The Hall–Kier alpha value is -2.40. The lowest BCUT2D eigenvalue weighted by Gasteiger charge is -2.36. The molecule has 0 radical (unpaired) electrons. The Balaban J connectivity index is 2.07. The third-order valence-electron chi connectivity index (χ3n) is 3.88. The highest BCUT2D eigenvalue weighted by Crippen LogP contribution is 2.45. The Labute approximate surface area is 178 Å². The van der Waals surface area contributed by atoms with E-state index in [1.54, 1.807) is 0 Å². The fraction of sp³-hybridized carbons (Fsp3) is 0.471. The average molecular weight is 474 g/mol. The van der Waals surface area contributed by atoms with Gasteiger partial charge in [-0.2, -0.15) is 13.2 Å². The SMILES string of the molecule is CC(C)(COC(=O)OCC1(C(F)(F)F)C=Cc2cc(Cl)cc(Cl)c2O1)CO[N+](=O)[O-]. The van der Waals surface area contributed by atoms with Crippen molar-refractivity contribution in [3.05, 3.63) is 43.9 Å². The van der Waals surface area contributed by atoms with Gasteiger partial charge in [0, 0.05) is 16.0 Å². The highest BCUT2D eigenvalue weighted by atomic mass is 35.5. The van der Waals surface area contributed by atoms with Crippen LogP contribution in [0.5, 0.6) is 5.75 Å². The molecule has 0 fully saturated rings. The Bertz CT molecular complexity index is 860. The average Bonchev–Trinajstić information content (AvgIpc) is 2.62.